The minimum Gasteiger partial charge on any atom is -0.445 e. The normalized spacial score (nSPS) is 11.0. The molecule has 1 amide bonds. The average molecular weight is 286 g/mol. The number of anilines is 1. The summed E-state index contributed by atoms with van der Waals surface area (Å²) in [4.78, 5) is 16.5. The molecule has 1 N–H and O–H groups in total. The van der Waals surface area contributed by atoms with Gasteiger partial charge in [0, 0.05) is 12.6 Å². The Hall–Kier alpha value is -2.10. The molecule has 0 aliphatic heterocycles. The largest absolute Gasteiger partial charge is 0.445 e. The van der Waals surface area contributed by atoms with Crippen LogP contribution in [0.2, 0.25) is 0 Å². The Kier molecular flexibility index (Phi) is 4.46. The second-order valence-electron chi connectivity index (χ2n) is 5.66. The Balaban J connectivity index is 2.18. The van der Waals surface area contributed by atoms with E-state index < -0.39 is 0 Å². The van der Waals surface area contributed by atoms with Crippen LogP contribution < -0.4 is 5.32 Å². The van der Waals surface area contributed by atoms with E-state index in [0.29, 0.717) is 17.6 Å². The van der Waals surface area contributed by atoms with E-state index in [9.17, 15) is 4.79 Å². The fraction of sp³-hybridized carbons (Fsp3) is 0.412. The third kappa shape index (κ3) is 3.51. The molecule has 21 heavy (non-hydrogen) atoms. The summed E-state index contributed by atoms with van der Waals surface area (Å²) in [5, 5.41) is 3.02. The highest BCUT2D eigenvalue weighted by Crippen LogP contribution is 2.27. The molecule has 0 fully saturated rings. The van der Waals surface area contributed by atoms with Crippen LogP contribution in [0.4, 0.5) is 5.69 Å². The number of para-hydroxylation sites is 1. The van der Waals surface area contributed by atoms with Gasteiger partial charge in [-0.2, -0.15) is 0 Å². The van der Waals surface area contributed by atoms with Crippen LogP contribution in [-0.2, 0) is 11.2 Å². The highest BCUT2D eigenvalue weighted by molar-refractivity contribution is 5.93. The maximum atomic E-state index is 12.3. The summed E-state index contributed by atoms with van der Waals surface area (Å²) >= 11 is 0. The van der Waals surface area contributed by atoms with E-state index in [2.05, 4.69) is 30.2 Å². The first-order valence-electron chi connectivity index (χ1n) is 7.20. The van der Waals surface area contributed by atoms with Crippen LogP contribution in [0.25, 0.3) is 0 Å². The van der Waals surface area contributed by atoms with Crippen molar-refractivity contribution >= 4 is 11.6 Å². The summed E-state index contributed by atoms with van der Waals surface area (Å²) in [6, 6.07) is 6.08. The summed E-state index contributed by atoms with van der Waals surface area (Å²) in [6.07, 6.45) is 0.207. The van der Waals surface area contributed by atoms with Gasteiger partial charge in [0.05, 0.1) is 12.1 Å². The predicted octanol–water partition coefficient (Wildman–Crippen LogP) is 3.90. The molecule has 4 nitrogen and oxygen atoms in total. The van der Waals surface area contributed by atoms with Crippen molar-refractivity contribution in [2.24, 2.45) is 0 Å². The Labute approximate surface area is 125 Å². The minimum atomic E-state index is -0.0783. The maximum Gasteiger partial charge on any atom is 0.232 e. The number of benzene rings is 1. The van der Waals surface area contributed by atoms with Crippen LogP contribution in [-0.4, -0.2) is 10.9 Å². The van der Waals surface area contributed by atoms with Crippen molar-refractivity contribution in [3.8, 4) is 0 Å². The Morgan fingerprint density at radius 1 is 1.29 bits per heavy atom. The average Bonchev–Trinajstić information content (AvgIpc) is 2.70. The first-order valence-corrected chi connectivity index (χ1v) is 7.20. The van der Waals surface area contributed by atoms with Crippen LogP contribution in [0.5, 0.6) is 0 Å². The molecule has 2 rings (SSSR count). The molecule has 0 aliphatic carbocycles. The molecule has 1 aromatic carbocycles. The van der Waals surface area contributed by atoms with Crippen molar-refractivity contribution in [1.29, 1.82) is 0 Å². The Morgan fingerprint density at radius 3 is 2.57 bits per heavy atom. The Bertz CT molecular complexity index is 657. The molecule has 0 radical (unpaired) electrons. The first-order chi connectivity index (χ1) is 9.88. The topological polar surface area (TPSA) is 55.1 Å². The highest BCUT2D eigenvalue weighted by atomic mass is 16.4. The summed E-state index contributed by atoms with van der Waals surface area (Å²) in [6.45, 7) is 9.88. The number of amides is 1. The van der Waals surface area contributed by atoms with E-state index in [4.69, 9.17) is 4.42 Å². The molecular formula is C17H22N2O2. The molecule has 0 bridgehead atoms. The third-order valence-electron chi connectivity index (χ3n) is 3.51. The molecular weight excluding hydrogens is 264 g/mol. The van der Waals surface area contributed by atoms with Crippen LogP contribution in [0.1, 0.15) is 48.2 Å². The van der Waals surface area contributed by atoms with Gasteiger partial charge in [0.15, 0.2) is 5.89 Å². The van der Waals surface area contributed by atoms with Crippen LogP contribution >= 0.6 is 0 Å². The van der Waals surface area contributed by atoms with Crippen molar-refractivity contribution in [2.45, 2.75) is 47.0 Å². The van der Waals surface area contributed by atoms with Gasteiger partial charge in [0.2, 0.25) is 5.91 Å². The zero-order valence-electron chi connectivity index (χ0n) is 13.3. The number of hydrogen-bond acceptors (Lipinski definition) is 3. The maximum absolute atomic E-state index is 12.3. The van der Waals surface area contributed by atoms with E-state index in [1.807, 2.05) is 26.0 Å². The lowest BCUT2D eigenvalue weighted by atomic mass is 9.98. The van der Waals surface area contributed by atoms with E-state index in [0.717, 1.165) is 22.5 Å². The van der Waals surface area contributed by atoms with Gasteiger partial charge in [0.25, 0.3) is 0 Å². The number of hydrogen-bond donors (Lipinski definition) is 1. The SMILES string of the molecule is Cc1nc(C)c(CC(=O)Nc2c(C)cccc2C(C)C)o1. The molecule has 0 unspecified atom stereocenters. The number of carbonyl (C=O) groups excluding carboxylic acids is 1. The first kappa shape index (κ1) is 15.3. The number of nitrogens with one attached hydrogen (secondary N) is 1. The van der Waals surface area contributed by atoms with Gasteiger partial charge in [-0.05, 0) is 30.9 Å². The molecule has 112 valence electrons. The molecule has 0 saturated heterocycles. The number of carbonyl (C=O) groups is 1. The summed E-state index contributed by atoms with van der Waals surface area (Å²) in [5.41, 5.74) is 3.90. The van der Waals surface area contributed by atoms with Crippen LogP contribution in [0, 0.1) is 20.8 Å². The summed E-state index contributed by atoms with van der Waals surface area (Å²) in [5.74, 6) is 1.50. The molecule has 0 atom stereocenters. The van der Waals surface area contributed by atoms with Crippen molar-refractivity contribution in [2.75, 3.05) is 5.32 Å². The molecule has 2 aromatic rings. The van der Waals surface area contributed by atoms with Gasteiger partial charge in [-0.15, -0.1) is 0 Å². The van der Waals surface area contributed by atoms with E-state index >= 15 is 0 Å². The molecule has 1 heterocycles. The molecule has 1 aromatic heterocycles. The van der Waals surface area contributed by atoms with Crippen molar-refractivity contribution in [1.82, 2.24) is 4.98 Å². The van der Waals surface area contributed by atoms with Gasteiger partial charge in [-0.25, -0.2) is 4.98 Å². The van der Waals surface area contributed by atoms with Crippen LogP contribution in [0.15, 0.2) is 22.6 Å². The van der Waals surface area contributed by atoms with Gasteiger partial charge >= 0.3 is 0 Å². The standard InChI is InChI=1S/C17H22N2O2/c1-10(2)14-8-6-7-11(3)17(14)19-16(20)9-15-12(4)18-13(5)21-15/h6-8,10H,9H2,1-5H3,(H,19,20). The fourth-order valence-electron chi connectivity index (χ4n) is 2.41. The molecule has 0 spiro atoms. The third-order valence-corrected chi connectivity index (χ3v) is 3.51. The molecule has 0 aliphatic rings. The quantitative estimate of drug-likeness (QED) is 0.927. The van der Waals surface area contributed by atoms with Gasteiger partial charge in [-0.3, -0.25) is 4.79 Å². The van der Waals surface area contributed by atoms with E-state index in [1.54, 1.807) is 6.92 Å². The lowest BCUT2D eigenvalue weighted by Crippen LogP contribution is -2.17. The zero-order valence-corrected chi connectivity index (χ0v) is 13.3. The molecule has 4 heteroatoms. The summed E-state index contributed by atoms with van der Waals surface area (Å²) in [7, 11) is 0. The van der Waals surface area contributed by atoms with Crippen molar-refractivity contribution in [3.05, 3.63) is 46.7 Å². The smallest absolute Gasteiger partial charge is 0.232 e. The summed E-state index contributed by atoms with van der Waals surface area (Å²) < 4.78 is 5.46. The van der Waals surface area contributed by atoms with Gasteiger partial charge < -0.3 is 9.73 Å². The van der Waals surface area contributed by atoms with Gasteiger partial charge in [0.1, 0.15) is 5.76 Å². The Morgan fingerprint density at radius 2 is 2.00 bits per heavy atom. The number of oxazole rings is 1. The number of rotatable bonds is 4. The van der Waals surface area contributed by atoms with Crippen molar-refractivity contribution < 1.29 is 9.21 Å². The number of aryl methyl sites for hydroxylation is 3. The monoisotopic (exact) mass is 286 g/mol. The number of nitrogens with zero attached hydrogens (tertiary/aromatic N) is 1. The predicted molar refractivity (Wildman–Crippen MR) is 83.6 cm³/mol. The lowest BCUT2D eigenvalue weighted by molar-refractivity contribution is -0.115. The van der Waals surface area contributed by atoms with Crippen LogP contribution in [0.3, 0.4) is 0 Å². The molecule has 0 saturated carbocycles. The highest BCUT2D eigenvalue weighted by Gasteiger charge is 2.15. The minimum absolute atomic E-state index is 0.0783. The second-order valence-corrected chi connectivity index (χ2v) is 5.66. The second kappa shape index (κ2) is 6.12. The van der Waals surface area contributed by atoms with Gasteiger partial charge in [-0.1, -0.05) is 32.0 Å². The number of aromatic nitrogens is 1. The van der Waals surface area contributed by atoms with Crippen molar-refractivity contribution in [3.63, 3.8) is 0 Å². The fourth-order valence-corrected chi connectivity index (χ4v) is 2.41. The van der Waals surface area contributed by atoms with E-state index in [1.165, 1.54) is 0 Å². The van der Waals surface area contributed by atoms with E-state index in [-0.39, 0.29) is 12.3 Å². The zero-order chi connectivity index (χ0) is 15.6. The lowest BCUT2D eigenvalue weighted by Gasteiger charge is -2.16.